The van der Waals surface area contributed by atoms with Gasteiger partial charge in [-0.25, -0.2) is 4.79 Å². The van der Waals surface area contributed by atoms with Gasteiger partial charge in [-0.3, -0.25) is 24.0 Å². The zero-order valence-corrected chi connectivity index (χ0v) is 21.8. The molecular weight excluding hydrogens is 516 g/mol. The van der Waals surface area contributed by atoms with Gasteiger partial charge in [-0.05, 0) is 42.9 Å². The van der Waals surface area contributed by atoms with Crippen LogP contribution in [0.2, 0.25) is 0 Å². The Morgan fingerprint density at radius 3 is 1.74 bits per heavy atom. The molecule has 3 amide bonds. The molecule has 14 heteroatoms. The number of nitrogens with two attached hydrogens (primary N) is 1. The molecule has 0 saturated carbocycles. The summed E-state index contributed by atoms with van der Waals surface area (Å²) in [5.41, 5.74) is 6.22. The Morgan fingerprint density at radius 2 is 1.23 bits per heavy atom. The summed E-state index contributed by atoms with van der Waals surface area (Å²) in [5, 5.41) is 44.0. The number of phenols is 1. The average molecular weight is 553 g/mol. The first-order valence-corrected chi connectivity index (χ1v) is 12.3. The van der Waals surface area contributed by atoms with Crippen LogP contribution in [0.3, 0.4) is 0 Å². The monoisotopic (exact) mass is 552 g/mol. The third-order valence-electron chi connectivity index (χ3n) is 5.62. The first-order chi connectivity index (χ1) is 18.2. The number of amides is 3. The predicted octanol–water partition coefficient (Wildman–Crippen LogP) is -0.423. The molecular formula is C25H36N4O10. The van der Waals surface area contributed by atoms with Crippen molar-refractivity contribution in [1.82, 2.24) is 16.0 Å². The van der Waals surface area contributed by atoms with Crippen LogP contribution in [0.4, 0.5) is 0 Å². The number of aromatic hydroxyl groups is 1. The van der Waals surface area contributed by atoms with Gasteiger partial charge in [-0.2, -0.15) is 0 Å². The van der Waals surface area contributed by atoms with E-state index in [1.165, 1.54) is 24.3 Å². The van der Waals surface area contributed by atoms with E-state index in [9.17, 15) is 39.0 Å². The minimum atomic E-state index is -1.44. The number of carbonyl (C=O) groups is 6. The zero-order valence-electron chi connectivity index (χ0n) is 21.8. The highest BCUT2D eigenvalue weighted by atomic mass is 16.4. The summed E-state index contributed by atoms with van der Waals surface area (Å²) in [4.78, 5) is 72.2. The number of carbonyl (C=O) groups excluding carboxylic acids is 3. The highest BCUT2D eigenvalue weighted by Gasteiger charge is 2.31. The Morgan fingerprint density at radius 1 is 0.744 bits per heavy atom. The van der Waals surface area contributed by atoms with Gasteiger partial charge >= 0.3 is 17.9 Å². The van der Waals surface area contributed by atoms with Crippen LogP contribution in [0.5, 0.6) is 5.75 Å². The number of hydrogen-bond acceptors (Lipinski definition) is 8. The maximum absolute atomic E-state index is 13.1. The molecule has 0 radical (unpaired) electrons. The van der Waals surface area contributed by atoms with Gasteiger partial charge < -0.3 is 42.1 Å². The average Bonchev–Trinajstić information content (AvgIpc) is 2.84. The molecule has 0 aromatic heterocycles. The fourth-order valence-electron chi connectivity index (χ4n) is 3.54. The molecule has 0 bridgehead atoms. The third kappa shape index (κ3) is 12.7. The Balaban J connectivity index is 3.04. The molecule has 4 atom stereocenters. The summed E-state index contributed by atoms with van der Waals surface area (Å²) < 4.78 is 0. The molecule has 0 saturated heterocycles. The lowest BCUT2D eigenvalue weighted by atomic mass is 10.0. The zero-order chi connectivity index (χ0) is 29.7. The topological polar surface area (TPSA) is 245 Å². The van der Waals surface area contributed by atoms with Crippen molar-refractivity contribution >= 4 is 35.6 Å². The maximum atomic E-state index is 13.1. The van der Waals surface area contributed by atoms with Crippen molar-refractivity contribution in [1.29, 1.82) is 0 Å². The first-order valence-electron chi connectivity index (χ1n) is 12.3. The molecule has 0 aliphatic carbocycles. The summed E-state index contributed by atoms with van der Waals surface area (Å²) in [7, 11) is 0. The summed E-state index contributed by atoms with van der Waals surface area (Å²) >= 11 is 0. The second-order valence-corrected chi connectivity index (χ2v) is 9.49. The number of carboxylic acid groups (broad SMARTS) is 3. The van der Waals surface area contributed by atoms with Crippen LogP contribution in [0.25, 0.3) is 0 Å². The highest BCUT2D eigenvalue weighted by molar-refractivity contribution is 5.94. The van der Waals surface area contributed by atoms with E-state index in [1.807, 2.05) is 0 Å². The van der Waals surface area contributed by atoms with Crippen molar-refractivity contribution in [2.24, 2.45) is 11.7 Å². The lowest BCUT2D eigenvalue weighted by molar-refractivity contribution is -0.143. The van der Waals surface area contributed by atoms with Gasteiger partial charge in [0, 0.05) is 19.3 Å². The first kappa shape index (κ1) is 32.8. The van der Waals surface area contributed by atoms with E-state index in [0.29, 0.717) is 5.56 Å². The molecule has 0 aliphatic heterocycles. The van der Waals surface area contributed by atoms with Crippen molar-refractivity contribution in [2.75, 3.05) is 0 Å². The van der Waals surface area contributed by atoms with Gasteiger partial charge in [0.1, 0.15) is 23.9 Å². The fraction of sp³-hybridized carbons (Fsp3) is 0.520. The summed E-state index contributed by atoms with van der Waals surface area (Å²) in [6, 6.07) is 0.396. The van der Waals surface area contributed by atoms with Gasteiger partial charge in [0.15, 0.2) is 0 Å². The summed E-state index contributed by atoms with van der Waals surface area (Å²) in [5.74, 6) is -6.45. The number of rotatable bonds is 17. The van der Waals surface area contributed by atoms with E-state index in [0.717, 1.165) is 0 Å². The molecule has 0 fully saturated rings. The van der Waals surface area contributed by atoms with E-state index >= 15 is 0 Å². The molecule has 14 nitrogen and oxygen atoms in total. The van der Waals surface area contributed by atoms with Crippen LogP contribution in [0.15, 0.2) is 24.3 Å². The van der Waals surface area contributed by atoms with Crippen molar-refractivity contribution < 1.29 is 49.2 Å². The Kier molecular flexibility index (Phi) is 13.4. The van der Waals surface area contributed by atoms with Crippen LogP contribution >= 0.6 is 0 Å². The number of phenolic OH excluding ortho intramolecular Hbond substituents is 1. The molecule has 1 aromatic carbocycles. The number of hydrogen-bond donors (Lipinski definition) is 8. The molecule has 4 unspecified atom stereocenters. The normalized spacial score (nSPS) is 13.9. The number of carboxylic acids is 3. The Labute approximate surface area is 225 Å². The Hall–Kier alpha value is -4.20. The molecule has 216 valence electrons. The lowest BCUT2D eigenvalue weighted by Gasteiger charge is -2.26. The minimum Gasteiger partial charge on any atom is -0.508 e. The van der Waals surface area contributed by atoms with E-state index in [2.05, 4.69) is 16.0 Å². The second-order valence-electron chi connectivity index (χ2n) is 9.49. The van der Waals surface area contributed by atoms with Gasteiger partial charge in [-0.1, -0.05) is 26.0 Å². The smallest absolute Gasteiger partial charge is 0.326 e. The molecule has 39 heavy (non-hydrogen) atoms. The molecule has 9 N–H and O–H groups in total. The van der Waals surface area contributed by atoms with Gasteiger partial charge in [-0.15, -0.1) is 0 Å². The second kappa shape index (κ2) is 15.9. The summed E-state index contributed by atoms with van der Waals surface area (Å²) in [6.45, 7) is 3.54. The van der Waals surface area contributed by atoms with Crippen molar-refractivity contribution in [2.45, 2.75) is 76.5 Å². The SMILES string of the molecule is CC(C)CC(NC(=O)C(N)CCC(=O)O)C(=O)NC(CCC(=O)O)C(=O)NC(Cc1ccc(O)cc1)C(=O)O. The molecule has 1 rings (SSSR count). The molecule has 0 spiro atoms. The van der Waals surface area contributed by atoms with E-state index in [-0.39, 0.29) is 43.8 Å². The number of aliphatic carboxylic acids is 3. The van der Waals surface area contributed by atoms with Gasteiger partial charge in [0.05, 0.1) is 6.04 Å². The molecule has 0 aliphatic rings. The highest BCUT2D eigenvalue weighted by Crippen LogP contribution is 2.12. The standard InChI is InChI=1S/C25H36N4O10/c1-13(2)11-18(28-22(35)16(26)7-9-20(31)32)24(37)27-17(8-10-21(33)34)23(36)29-19(25(38)39)12-14-3-5-15(30)6-4-14/h3-6,13,16-19,30H,7-12,26H2,1-2H3,(H,27,37)(H,28,35)(H,29,36)(H,31,32)(H,33,34)(H,38,39). The van der Waals surface area contributed by atoms with Crippen LogP contribution in [-0.4, -0.2) is 80.2 Å². The molecule has 1 aromatic rings. The van der Waals surface area contributed by atoms with Crippen LogP contribution in [0.1, 0.15) is 51.5 Å². The van der Waals surface area contributed by atoms with E-state index < -0.39 is 66.2 Å². The Bertz CT molecular complexity index is 1030. The van der Waals surface area contributed by atoms with Crippen molar-refractivity contribution in [3.8, 4) is 5.75 Å². The number of benzene rings is 1. The van der Waals surface area contributed by atoms with Crippen LogP contribution < -0.4 is 21.7 Å². The van der Waals surface area contributed by atoms with E-state index in [1.54, 1.807) is 13.8 Å². The maximum Gasteiger partial charge on any atom is 0.326 e. The predicted molar refractivity (Wildman–Crippen MR) is 136 cm³/mol. The fourth-order valence-corrected chi connectivity index (χ4v) is 3.54. The summed E-state index contributed by atoms with van der Waals surface area (Å²) in [6.07, 6.45) is -1.44. The third-order valence-corrected chi connectivity index (χ3v) is 5.62. The minimum absolute atomic E-state index is 0.0306. The van der Waals surface area contributed by atoms with Gasteiger partial charge in [0.2, 0.25) is 17.7 Å². The van der Waals surface area contributed by atoms with Gasteiger partial charge in [0.25, 0.3) is 0 Å². The van der Waals surface area contributed by atoms with E-state index in [4.69, 9.17) is 15.9 Å². The molecule has 0 heterocycles. The number of nitrogens with one attached hydrogen (secondary N) is 3. The van der Waals surface area contributed by atoms with Crippen LogP contribution in [0, 0.1) is 5.92 Å². The van der Waals surface area contributed by atoms with Crippen molar-refractivity contribution in [3.05, 3.63) is 29.8 Å². The lowest BCUT2D eigenvalue weighted by Crippen LogP contribution is -2.57. The largest absolute Gasteiger partial charge is 0.508 e. The van der Waals surface area contributed by atoms with Crippen LogP contribution in [-0.2, 0) is 35.2 Å². The quantitative estimate of drug-likeness (QED) is 0.123. The van der Waals surface area contributed by atoms with Crippen molar-refractivity contribution in [3.63, 3.8) is 0 Å².